The summed E-state index contributed by atoms with van der Waals surface area (Å²) in [6, 6.07) is 0. The minimum atomic E-state index is -0.952. The van der Waals surface area contributed by atoms with E-state index in [1.54, 1.807) is 7.11 Å². The zero-order chi connectivity index (χ0) is 11.8. The molecule has 1 heterocycles. The smallest absolute Gasteiger partial charge is 0.460 e. The van der Waals surface area contributed by atoms with Crippen LogP contribution in [0, 0.1) is 0 Å². The monoisotopic (exact) mass is 234 g/mol. The standard InChI is InChI=1S/C9H14O7/c1-12-2-3-13-4-5-14-8(10)7-6-15-9(11)16-7/h7H,2-6H2,1H3. The van der Waals surface area contributed by atoms with Crippen LogP contribution in [0.1, 0.15) is 0 Å². The maximum Gasteiger partial charge on any atom is 0.509 e. The average Bonchev–Trinajstić information content (AvgIpc) is 2.70. The number of methoxy groups -OCH3 is 1. The number of cyclic esters (lactones) is 2. The highest BCUT2D eigenvalue weighted by atomic mass is 16.8. The summed E-state index contributed by atoms with van der Waals surface area (Å²) in [5.74, 6) is -0.624. The van der Waals surface area contributed by atoms with Gasteiger partial charge in [-0.2, -0.15) is 0 Å². The molecule has 1 unspecified atom stereocenters. The predicted octanol–water partition coefficient (Wildman–Crippen LogP) is -0.272. The number of ether oxygens (including phenoxy) is 5. The van der Waals surface area contributed by atoms with E-state index in [9.17, 15) is 9.59 Å². The van der Waals surface area contributed by atoms with Crippen molar-refractivity contribution in [3.05, 3.63) is 0 Å². The van der Waals surface area contributed by atoms with E-state index < -0.39 is 18.2 Å². The molecule has 1 aliphatic heterocycles. The lowest BCUT2D eigenvalue weighted by Crippen LogP contribution is -2.26. The summed E-state index contributed by atoms with van der Waals surface area (Å²) in [4.78, 5) is 21.7. The van der Waals surface area contributed by atoms with E-state index in [2.05, 4.69) is 9.47 Å². The van der Waals surface area contributed by atoms with Crippen LogP contribution in [-0.4, -0.2) is 58.4 Å². The van der Waals surface area contributed by atoms with Crippen LogP contribution in [0.25, 0.3) is 0 Å². The van der Waals surface area contributed by atoms with E-state index in [-0.39, 0.29) is 19.8 Å². The first kappa shape index (κ1) is 12.7. The summed E-state index contributed by atoms with van der Waals surface area (Å²) in [6.07, 6.45) is -1.80. The number of carbonyl (C=O) groups excluding carboxylic acids is 2. The van der Waals surface area contributed by atoms with Gasteiger partial charge in [-0.25, -0.2) is 9.59 Å². The van der Waals surface area contributed by atoms with Gasteiger partial charge in [0.25, 0.3) is 0 Å². The number of esters is 1. The molecule has 0 aromatic carbocycles. The van der Waals surface area contributed by atoms with Crippen molar-refractivity contribution in [3.8, 4) is 0 Å². The van der Waals surface area contributed by atoms with Gasteiger partial charge in [0.15, 0.2) is 0 Å². The van der Waals surface area contributed by atoms with Crippen LogP contribution < -0.4 is 0 Å². The van der Waals surface area contributed by atoms with Gasteiger partial charge in [0, 0.05) is 7.11 Å². The lowest BCUT2D eigenvalue weighted by molar-refractivity contribution is -0.153. The second kappa shape index (κ2) is 7.02. The third-order valence-corrected chi connectivity index (χ3v) is 1.76. The highest BCUT2D eigenvalue weighted by Crippen LogP contribution is 2.07. The molecule has 1 fully saturated rings. The normalized spacial score (nSPS) is 19.1. The van der Waals surface area contributed by atoms with Gasteiger partial charge < -0.3 is 23.7 Å². The van der Waals surface area contributed by atoms with Crippen molar-refractivity contribution in [3.63, 3.8) is 0 Å². The largest absolute Gasteiger partial charge is 0.509 e. The SMILES string of the molecule is COCCOCCOC(=O)C1COC(=O)O1. The second-order valence-electron chi connectivity index (χ2n) is 2.94. The zero-order valence-corrected chi connectivity index (χ0v) is 8.97. The molecule has 0 N–H and O–H groups in total. The molecule has 0 saturated carbocycles. The molecular weight excluding hydrogens is 220 g/mol. The molecule has 1 saturated heterocycles. The van der Waals surface area contributed by atoms with Crippen molar-refractivity contribution in [1.82, 2.24) is 0 Å². The third-order valence-electron chi connectivity index (χ3n) is 1.76. The fourth-order valence-electron chi connectivity index (χ4n) is 0.983. The first-order valence-electron chi connectivity index (χ1n) is 4.80. The van der Waals surface area contributed by atoms with E-state index in [1.807, 2.05) is 0 Å². The Hall–Kier alpha value is -1.34. The van der Waals surface area contributed by atoms with Gasteiger partial charge in [-0.05, 0) is 0 Å². The summed E-state index contributed by atoms with van der Waals surface area (Å²) >= 11 is 0. The Kier molecular flexibility index (Phi) is 5.58. The van der Waals surface area contributed by atoms with E-state index in [0.29, 0.717) is 13.2 Å². The fourth-order valence-corrected chi connectivity index (χ4v) is 0.983. The van der Waals surface area contributed by atoms with Crippen LogP contribution in [0.15, 0.2) is 0 Å². The quantitative estimate of drug-likeness (QED) is 0.443. The van der Waals surface area contributed by atoms with Crippen LogP contribution in [0.2, 0.25) is 0 Å². The Morgan fingerprint density at radius 1 is 1.38 bits per heavy atom. The molecule has 0 aromatic heterocycles. The molecular formula is C9H14O7. The van der Waals surface area contributed by atoms with Crippen LogP contribution >= 0.6 is 0 Å². The molecule has 92 valence electrons. The minimum absolute atomic E-state index is 0.0950. The first-order valence-corrected chi connectivity index (χ1v) is 4.80. The molecule has 7 heteroatoms. The topological polar surface area (TPSA) is 80.3 Å². The van der Waals surface area contributed by atoms with Crippen molar-refractivity contribution in [2.75, 3.05) is 40.1 Å². The molecule has 0 aliphatic carbocycles. The van der Waals surface area contributed by atoms with Crippen molar-refractivity contribution in [2.24, 2.45) is 0 Å². The highest BCUT2D eigenvalue weighted by molar-refractivity contribution is 5.79. The number of carbonyl (C=O) groups is 2. The molecule has 16 heavy (non-hydrogen) atoms. The molecule has 0 radical (unpaired) electrons. The Morgan fingerprint density at radius 3 is 2.75 bits per heavy atom. The zero-order valence-electron chi connectivity index (χ0n) is 8.97. The van der Waals surface area contributed by atoms with Crippen LogP contribution in [0.5, 0.6) is 0 Å². The second-order valence-corrected chi connectivity index (χ2v) is 2.94. The molecule has 7 nitrogen and oxygen atoms in total. The Bertz CT molecular complexity index is 240. The van der Waals surface area contributed by atoms with E-state index >= 15 is 0 Å². The molecule has 1 aliphatic rings. The maximum absolute atomic E-state index is 11.2. The predicted molar refractivity (Wildman–Crippen MR) is 49.9 cm³/mol. The summed E-state index contributed by atoms with van der Waals surface area (Å²) in [7, 11) is 1.57. The molecule has 0 amide bonds. The van der Waals surface area contributed by atoms with Gasteiger partial charge in [0.1, 0.15) is 13.2 Å². The number of hydrogen-bond acceptors (Lipinski definition) is 7. The maximum atomic E-state index is 11.2. The molecule has 0 bridgehead atoms. The molecule has 1 rings (SSSR count). The van der Waals surface area contributed by atoms with Gasteiger partial charge in [-0.3, -0.25) is 0 Å². The van der Waals surface area contributed by atoms with Crippen LogP contribution in [-0.2, 0) is 28.5 Å². The van der Waals surface area contributed by atoms with Gasteiger partial charge in [-0.1, -0.05) is 0 Å². The Morgan fingerprint density at radius 2 is 2.12 bits per heavy atom. The number of hydrogen-bond donors (Lipinski definition) is 0. The van der Waals surface area contributed by atoms with Gasteiger partial charge in [0.2, 0.25) is 6.10 Å². The summed E-state index contributed by atoms with van der Waals surface area (Å²) in [5, 5.41) is 0. The first-order chi connectivity index (χ1) is 7.74. The Balaban J connectivity index is 2.00. The van der Waals surface area contributed by atoms with Crippen LogP contribution in [0.3, 0.4) is 0 Å². The summed E-state index contributed by atoms with van der Waals surface area (Å²) in [5.41, 5.74) is 0. The van der Waals surface area contributed by atoms with Gasteiger partial charge >= 0.3 is 12.1 Å². The van der Waals surface area contributed by atoms with E-state index in [1.165, 1.54) is 0 Å². The minimum Gasteiger partial charge on any atom is -0.460 e. The van der Waals surface area contributed by atoms with Crippen LogP contribution in [0.4, 0.5) is 4.79 Å². The lowest BCUT2D eigenvalue weighted by atomic mass is 10.4. The molecule has 0 spiro atoms. The summed E-state index contributed by atoms with van der Waals surface area (Å²) in [6.45, 7) is 1.22. The fraction of sp³-hybridized carbons (Fsp3) is 0.778. The summed E-state index contributed by atoms with van der Waals surface area (Å²) < 4.78 is 23.6. The van der Waals surface area contributed by atoms with Crippen molar-refractivity contribution in [1.29, 1.82) is 0 Å². The van der Waals surface area contributed by atoms with E-state index in [4.69, 9.17) is 14.2 Å². The highest BCUT2D eigenvalue weighted by Gasteiger charge is 2.32. The lowest BCUT2D eigenvalue weighted by Gasteiger charge is -2.07. The molecule has 0 aromatic rings. The van der Waals surface area contributed by atoms with Gasteiger partial charge in [-0.15, -0.1) is 0 Å². The number of rotatable bonds is 7. The molecule has 1 atom stereocenters. The average molecular weight is 234 g/mol. The van der Waals surface area contributed by atoms with Crippen molar-refractivity contribution < 1.29 is 33.3 Å². The van der Waals surface area contributed by atoms with Crippen molar-refractivity contribution in [2.45, 2.75) is 6.10 Å². The third kappa shape index (κ3) is 4.45. The van der Waals surface area contributed by atoms with E-state index in [0.717, 1.165) is 0 Å². The van der Waals surface area contributed by atoms with Crippen molar-refractivity contribution >= 4 is 12.1 Å². The van der Waals surface area contributed by atoms with Gasteiger partial charge in [0.05, 0.1) is 19.8 Å². The Labute approximate surface area is 92.5 Å².